The molecule has 0 aromatic heterocycles. The zero-order valence-electron chi connectivity index (χ0n) is 14.4. The zero-order chi connectivity index (χ0) is 17.2. The average molecular weight is 327 g/mol. The van der Waals surface area contributed by atoms with Crippen LogP contribution in [0.3, 0.4) is 0 Å². The molecule has 0 bridgehead atoms. The summed E-state index contributed by atoms with van der Waals surface area (Å²) in [5, 5.41) is 2.92. The molecule has 2 rings (SSSR count). The molecule has 1 amide bonds. The summed E-state index contributed by atoms with van der Waals surface area (Å²) >= 11 is 0. The van der Waals surface area contributed by atoms with Gasteiger partial charge in [0.1, 0.15) is 5.75 Å². The Morgan fingerprint density at radius 2 is 1.88 bits per heavy atom. The van der Waals surface area contributed by atoms with Gasteiger partial charge in [0.05, 0.1) is 6.61 Å². The predicted octanol–water partition coefficient (Wildman–Crippen LogP) is 3.98. The van der Waals surface area contributed by atoms with Crippen LogP contribution < -0.4 is 10.1 Å². The minimum atomic E-state index is 0.00658. The number of ether oxygens (including phenoxy) is 2. The van der Waals surface area contributed by atoms with E-state index in [0.29, 0.717) is 19.6 Å². The minimum Gasteiger partial charge on any atom is -0.493 e. The highest BCUT2D eigenvalue weighted by Gasteiger charge is 2.04. The van der Waals surface area contributed by atoms with Gasteiger partial charge in [-0.05, 0) is 31.0 Å². The minimum absolute atomic E-state index is 0.00658. The van der Waals surface area contributed by atoms with E-state index < -0.39 is 0 Å². The van der Waals surface area contributed by atoms with Crippen LogP contribution in [0.2, 0.25) is 0 Å². The van der Waals surface area contributed by atoms with E-state index in [2.05, 4.69) is 36.5 Å². The van der Waals surface area contributed by atoms with Gasteiger partial charge < -0.3 is 14.8 Å². The van der Waals surface area contributed by atoms with E-state index in [0.717, 1.165) is 24.3 Å². The molecule has 0 heterocycles. The van der Waals surface area contributed by atoms with Gasteiger partial charge in [0.15, 0.2) is 0 Å². The average Bonchev–Trinajstić information content (AvgIpc) is 2.59. The van der Waals surface area contributed by atoms with Crippen LogP contribution >= 0.6 is 0 Å². The fourth-order valence-corrected chi connectivity index (χ4v) is 2.29. The summed E-state index contributed by atoms with van der Waals surface area (Å²) in [4.78, 5) is 12.1. The van der Waals surface area contributed by atoms with Crippen LogP contribution in [0.5, 0.6) is 5.75 Å². The molecule has 128 valence electrons. The lowest BCUT2D eigenvalue weighted by Gasteiger charge is -2.09. The van der Waals surface area contributed by atoms with Crippen LogP contribution in [0.15, 0.2) is 48.5 Å². The van der Waals surface area contributed by atoms with Crippen molar-refractivity contribution in [2.75, 3.05) is 25.6 Å². The van der Waals surface area contributed by atoms with E-state index in [9.17, 15) is 4.79 Å². The molecule has 0 fully saturated rings. The SMILES string of the molecule is COCCCOc1cccc(NC(=O)CCc2ccc(C)cc2)c1. The summed E-state index contributed by atoms with van der Waals surface area (Å²) in [6.07, 6.45) is 2.03. The second-order valence-electron chi connectivity index (χ2n) is 5.76. The Morgan fingerprint density at radius 1 is 1.08 bits per heavy atom. The molecule has 2 aromatic carbocycles. The molecular formula is C20H25NO3. The molecule has 4 heteroatoms. The van der Waals surface area contributed by atoms with Crippen molar-refractivity contribution in [1.82, 2.24) is 0 Å². The van der Waals surface area contributed by atoms with Crippen molar-refractivity contribution in [2.45, 2.75) is 26.2 Å². The van der Waals surface area contributed by atoms with Crippen LogP contribution in [0.25, 0.3) is 0 Å². The van der Waals surface area contributed by atoms with E-state index in [-0.39, 0.29) is 5.91 Å². The van der Waals surface area contributed by atoms with Crippen molar-refractivity contribution in [2.24, 2.45) is 0 Å². The summed E-state index contributed by atoms with van der Waals surface area (Å²) in [5.74, 6) is 0.759. The summed E-state index contributed by atoms with van der Waals surface area (Å²) in [7, 11) is 1.67. The van der Waals surface area contributed by atoms with Gasteiger partial charge in [0, 0.05) is 38.3 Å². The highest BCUT2D eigenvalue weighted by atomic mass is 16.5. The largest absolute Gasteiger partial charge is 0.493 e. The maximum Gasteiger partial charge on any atom is 0.224 e. The number of carbonyl (C=O) groups excluding carboxylic acids is 1. The van der Waals surface area contributed by atoms with Gasteiger partial charge in [-0.1, -0.05) is 35.9 Å². The molecule has 0 spiro atoms. The monoisotopic (exact) mass is 327 g/mol. The molecule has 0 saturated heterocycles. The molecule has 1 N–H and O–H groups in total. The normalized spacial score (nSPS) is 10.4. The fourth-order valence-electron chi connectivity index (χ4n) is 2.29. The lowest BCUT2D eigenvalue weighted by Crippen LogP contribution is -2.12. The van der Waals surface area contributed by atoms with Gasteiger partial charge in [-0.3, -0.25) is 4.79 Å². The predicted molar refractivity (Wildman–Crippen MR) is 96.6 cm³/mol. The first-order valence-electron chi connectivity index (χ1n) is 8.24. The van der Waals surface area contributed by atoms with E-state index >= 15 is 0 Å². The number of methoxy groups -OCH3 is 1. The van der Waals surface area contributed by atoms with Crippen LogP contribution in [0.4, 0.5) is 5.69 Å². The zero-order valence-corrected chi connectivity index (χ0v) is 14.4. The number of hydrogen-bond acceptors (Lipinski definition) is 3. The van der Waals surface area contributed by atoms with Crippen molar-refractivity contribution >= 4 is 11.6 Å². The van der Waals surface area contributed by atoms with Gasteiger partial charge in [-0.15, -0.1) is 0 Å². The Kier molecular flexibility index (Phi) is 7.30. The van der Waals surface area contributed by atoms with Gasteiger partial charge >= 0.3 is 0 Å². The smallest absolute Gasteiger partial charge is 0.224 e. The summed E-state index contributed by atoms with van der Waals surface area (Å²) in [6, 6.07) is 15.7. The lowest BCUT2D eigenvalue weighted by molar-refractivity contribution is -0.116. The van der Waals surface area contributed by atoms with Crippen molar-refractivity contribution in [3.05, 3.63) is 59.7 Å². The maximum atomic E-state index is 12.1. The molecular weight excluding hydrogens is 302 g/mol. The van der Waals surface area contributed by atoms with E-state index in [4.69, 9.17) is 9.47 Å². The highest BCUT2D eigenvalue weighted by molar-refractivity contribution is 5.91. The van der Waals surface area contributed by atoms with Crippen LogP contribution in [0, 0.1) is 6.92 Å². The van der Waals surface area contributed by atoms with Gasteiger partial charge in [0.2, 0.25) is 5.91 Å². The second kappa shape index (κ2) is 9.73. The summed E-state index contributed by atoms with van der Waals surface area (Å²) < 4.78 is 10.6. The third-order valence-corrected chi connectivity index (χ3v) is 3.64. The molecule has 24 heavy (non-hydrogen) atoms. The third-order valence-electron chi connectivity index (χ3n) is 3.64. The number of aryl methyl sites for hydroxylation is 2. The molecule has 0 atom stereocenters. The van der Waals surface area contributed by atoms with Gasteiger partial charge in [-0.25, -0.2) is 0 Å². The van der Waals surface area contributed by atoms with Crippen LogP contribution in [-0.4, -0.2) is 26.2 Å². The van der Waals surface area contributed by atoms with Crippen LogP contribution in [-0.2, 0) is 16.0 Å². The topological polar surface area (TPSA) is 47.6 Å². The van der Waals surface area contributed by atoms with E-state index in [1.165, 1.54) is 11.1 Å². The standard InChI is InChI=1S/C20H25NO3/c1-16-7-9-17(10-8-16)11-12-20(22)21-18-5-3-6-19(15-18)24-14-4-13-23-2/h3,5-10,15H,4,11-14H2,1-2H3,(H,21,22). The molecule has 0 radical (unpaired) electrons. The molecule has 4 nitrogen and oxygen atoms in total. The molecule has 0 aliphatic carbocycles. The Hall–Kier alpha value is -2.33. The van der Waals surface area contributed by atoms with E-state index in [1.807, 2.05) is 24.3 Å². The molecule has 0 aliphatic heterocycles. The summed E-state index contributed by atoms with van der Waals surface area (Å²) in [6.45, 7) is 3.33. The van der Waals surface area contributed by atoms with Crippen LogP contribution in [0.1, 0.15) is 24.0 Å². The Morgan fingerprint density at radius 3 is 2.62 bits per heavy atom. The van der Waals surface area contributed by atoms with Gasteiger partial charge in [-0.2, -0.15) is 0 Å². The first kappa shape index (κ1) is 18.0. The molecule has 2 aromatic rings. The Bertz CT molecular complexity index is 638. The maximum absolute atomic E-state index is 12.1. The van der Waals surface area contributed by atoms with Gasteiger partial charge in [0.25, 0.3) is 0 Å². The van der Waals surface area contributed by atoms with Crippen molar-refractivity contribution in [1.29, 1.82) is 0 Å². The lowest BCUT2D eigenvalue weighted by atomic mass is 10.1. The molecule has 0 unspecified atom stereocenters. The number of amides is 1. The number of carbonyl (C=O) groups is 1. The molecule has 0 saturated carbocycles. The van der Waals surface area contributed by atoms with E-state index in [1.54, 1.807) is 7.11 Å². The van der Waals surface area contributed by atoms with Crippen molar-refractivity contribution in [3.63, 3.8) is 0 Å². The number of anilines is 1. The second-order valence-corrected chi connectivity index (χ2v) is 5.76. The number of rotatable bonds is 9. The highest BCUT2D eigenvalue weighted by Crippen LogP contribution is 2.18. The number of hydrogen-bond donors (Lipinski definition) is 1. The molecule has 0 aliphatic rings. The van der Waals surface area contributed by atoms with Crippen molar-refractivity contribution < 1.29 is 14.3 Å². The quantitative estimate of drug-likeness (QED) is 0.709. The Labute approximate surface area is 143 Å². The first-order chi connectivity index (χ1) is 11.7. The number of benzene rings is 2. The first-order valence-corrected chi connectivity index (χ1v) is 8.24. The third kappa shape index (κ3) is 6.42. The fraction of sp³-hybridized carbons (Fsp3) is 0.350. The summed E-state index contributed by atoms with van der Waals surface area (Å²) in [5.41, 5.74) is 3.16. The Balaban J connectivity index is 1.79. The number of nitrogens with one attached hydrogen (secondary N) is 1. The van der Waals surface area contributed by atoms with Crippen molar-refractivity contribution in [3.8, 4) is 5.75 Å².